The number of alkyl halides is 2. The number of hydrogen-bond acceptors (Lipinski definition) is 7. The maximum atomic E-state index is 13.9. The number of fused-ring (bicyclic) bond motifs is 2. The van der Waals surface area contributed by atoms with Gasteiger partial charge in [0.1, 0.15) is 18.5 Å². The van der Waals surface area contributed by atoms with Crippen molar-refractivity contribution in [2.24, 2.45) is 0 Å². The number of halogens is 3. The zero-order valence-corrected chi connectivity index (χ0v) is 27.6. The molecule has 0 spiro atoms. The highest BCUT2D eigenvalue weighted by Crippen LogP contribution is 2.39. The van der Waals surface area contributed by atoms with Crippen molar-refractivity contribution < 1.29 is 18.3 Å². The Morgan fingerprint density at radius 3 is 2.74 bits per heavy atom. The minimum Gasteiger partial charge on any atom is -0.462 e. The number of nitrogens with zero attached hydrogens (tertiary/aromatic N) is 7. The average Bonchev–Trinajstić information content (AvgIpc) is 3.45. The third-order valence-corrected chi connectivity index (χ3v) is 10.2. The van der Waals surface area contributed by atoms with E-state index in [1.165, 1.54) is 6.08 Å². The van der Waals surface area contributed by atoms with Crippen molar-refractivity contribution in [3.8, 4) is 6.01 Å². The van der Waals surface area contributed by atoms with Gasteiger partial charge in [-0.3, -0.25) is 9.69 Å². The summed E-state index contributed by atoms with van der Waals surface area (Å²) in [5, 5.41) is 2.74. The smallest absolute Gasteiger partial charge is 0.318 e. The summed E-state index contributed by atoms with van der Waals surface area (Å²) >= 11 is 6.70. The van der Waals surface area contributed by atoms with E-state index in [1.807, 2.05) is 37.1 Å². The Morgan fingerprint density at radius 1 is 1.23 bits per heavy atom. The Bertz CT molecular complexity index is 1690. The fourth-order valence-electron chi connectivity index (χ4n) is 7.12. The largest absolute Gasteiger partial charge is 0.462 e. The van der Waals surface area contributed by atoms with Gasteiger partial charge < -0.3 is 24.3 Å². The van der Waals surface area contributed by atoms with E-state index in [4.69, 9.17) is 32.9 Å². The summed E-state index contributed by atoms with van der Waals surface area (Å²) in [6.45, 7) is 16.2. The quantitative estimate of drug-likeness (QED) is 0.210. The molecule has 1 saturated carbocycles. The molecule has 0 bridgehead atoms. The normalized spacial score (nSPS) is 21.4. The molecular formula is C35H40ClF2N7O2. The molecule has 9 nitrogen and oxygen atoms in total. The van der Waals surface area contributed by atoms with Crippen LogP contribution in [-0.4, -0.2) is 96.1 Å². The molecular weight excluding hydrogens is 624 g/mol. The third kappa shape index (κ3) is 6.85. The molecule has 1 aliphatic carbocycles. The van der Waals surface area contributed by atoms with Gasteiger partial charge >= 0.3 is 6.01 Å². The van der Waals surface area contributed by atoms with Gasteiger partial charge in [-0.15, -0.1) is 0 Å². The monoisotopic (exact) mass is 663 g/mol. The number of aromatic nitrogens is 2. The highest BCUT2D eigenvalue weighted by molar-refractivity contribution is 6.36. The predicted octanol–water partition coefficient (Wildman–Crippen LogP) is 5.86. The first-order valence-electron chi connectivity index (χ1n) is 16.1. The first kappa shape index (κ1) is 32.9. The Morgan fingerprint density at radius 2 is 2.02 bits per heavy atom. The SMILES string of the molecule is [C-]#[N+]C[C@H]1CN(c2nc(OC[C@H](C)N(C)C3CCC(F)(F)C3)nc3c2CCN(c2cccc4cccc(Cl)c24)C3)CCN1C(=O)C=C. The van der Waals surface area contributed by atoms with Crippen LogP contribution in [0.15, 0.2) is 49.1 Å². The van der Waals surface area contributed by atoms with E-state index in [2.05, 4.69) is 39.4 Å². The van der Waals surface area contributed by atoms with Crippen molar-refractivity contribution >= 4 is 39.8 Å². The van der Waals surface area contributed by atoms with E-state index in [0.717, 1.165) is 40.1 Å². The lowest BCUT2D eigenvalue weighted by molar-refractivity contribution is -0.128. The van der Waals surface area contributed by atoms with Gasteiger partial charge in [0.2, 0.25) is 18.4 Å². The fraction of sp³-hybridized carbons (Fsp3) is 0.486. The van der Waals surface area contributed by atoms with Gasteiger partial charge in [0, 0.05) is 67.7 Å². The molecule has 2 fully saturated rings. The number of amides is 1. The summed E-state index contributed by atoms with van der Waals surface area (Å²) in [5.74, 6) is -2.06. The van der Waals surface area contributed by atoms with Gasteiger partial charge in [-0.25, -0.2) is 15.4 Å². The van der Waals surface area contributed by atoms with Crippen LogP contribution in [0, 0.1) is 6.57 Å². The second-order valence-corrected chi connectivity index (χ2v) is 13.2. The maximum Gasteiger partial charge on any atom is 0.318 e. The molecule has 3 aliphatic rings. The van der Waals surface area contributed by atoms with Gasteiger partial charge in [0.05, 0.1) is 17.3 Å². The number of rotatable bonds is 9. The zero-order chi connectivity index (χ0) is 33.3. The number of likely N-dealkylation sites (N-methyl/N-ethyl adjacent to an activating group) is 1. The lowest BCUT2D eigenvalue weighted by Crippen LogP contribution is -2.56. The molecule has 0 radical (unpaired) electrons. The molecule has 3 heterocycles. The first-order chi connectivity index (χ1) is 22.6. The molecule has 6 rings (SSSR count). The van der Waals surface area contributed by atoms with Crippen molar-refractivity contribution in [1.82, 2.24) is 19.8 Å². The predicted molar refractivity (Wildman–Crippen MR) is 180 cm³/mol. The van der Waals surface area contributed by atoms with Crippen LogP contribution in [0.1, 0.15) is 37.4 Å². The Balaban J connectivity index is 1.30. The van der Waals surface area contributed by atoms with E-state index < -0.39 is 5.92 Å². The molecule has 248 valence electrons. The average molecular weight is 664 g/mol. The standard InChI is InChI=1S/C35H40ClF2N7O2/c1-5-31(46)45-17-16-44(20-26(45)19-39-3)33-27-13-15-43(30-11-7-9-24-8-6-10-28(36)32(24)30)21-29(27)40-34(41-33)47-22-23(2)42(4)25-12-14-35(37,38)18-25/h5-11,23,25-26H,1,12-22H2,2,4H3/t23-,25?,26-/m0/s1. The van der Waals surface area contributed by atoms with Crippen LogP contribution in [0.5, 0.6) is 6.01 Å². The fourth-order valence-corrected chi connectivity index (χ4v) is 7.40. The summed E-state index contributed by atoms with van der Waals surface area (Å²) in [5.41, 5.74) is 2.88. The van der Waals surface area contributed by atoms with Crippen LogP contribution in [0.2, 0.25) is 5.02 Å². The molecule has 3 atom stereocenters. The minimum atomic E-state index is -2.62. The van der Waals surface area contributed by atoms with Crippen molar-refractivity contribution in [2.75, 3.05) is 56.2 Å². The molecule has 12 heteroatoms. The highest BCUT2D eigenvalue weighted by Gasteiger charge is 2.42. The highest BCUT2D eigenvalue weighted by atomic mass is 35.5. The molecule has 1 amide bonds. The summed E-state index contributed by atoms with van der Waals surface area (Å²) < 4.78 is 34.1. The summed E-state index contributed by atoms with van der Waals surface area (Å²) in [6.07, 6.45) is 2.19. The molecule has 1 unspecified atom stereocenters. The molecule has 3 aromatic rings. The number of carbonyl (C=O) groups is 1. The van der Waals surface area contributed by atoms with Crippen LogP contribution in [0.25, 0.3) is 15.6 Å². The topological polar surface area (TPSA) is 69.4 Å². The van der Waals surface area contributed by atoms with Crippen molar-refractivity contribution in [3.05, 3.63) is 76.8 Å². The Labute approximate surface area is 279 Å². The summed E-state index contributed by atoms with van der Waals surface area (Å²) in [7, 11) is 1.87. The molecule has 0 N–H and O–H groups in total. The minimum absolute atomic E-state index is 0.0918. The number of carbonyl (C=O) groups excluding carboxylic acids is 1. The molecule has 2 aliphatic heterocycles. The van der Waals surface area contributed by atoms with Crippen molar-refractivity contribution in [3.63, 3.8) is 0 Å². The van der Waals surface area contributed by atoms with Gasteiger partial charge in [0.25, 0.3) is 0 Å². The number of benzene rings is 2. The molecule has 47 heavy (non-hydrogen) atoms. The number of ether oxygens (including phenoxy) is 1. The van der Waals surface area contributed by atoms with E-state index in [9.17, 15) is 13.6 Å². The second-order valence-electron chi connectivity index (χ2n) is 12.8. The summed E-state index contributed by atoms with van der Waals surface area (Å²) in [6, 6.07) is 11.6. The Hall–Kier alpha value is -4.01. The van der Waals surface area contributed by atoms with Crippen molar-refractivity contribution in [1.29, 1.82) is 0 Å². The molecule has 2 aromatic carbocycles. The Kier molecular flexibility index (Phi) is 9.53. The third-order valence-electron chi connectivity index (χ3n) is 9.84. The first-order valence-corrected chi connectivity index (χ1v) is 16.5. The summed E-state index contributed by atoms with van der Waals surface area (Å²) in [4.78, 5) is 34.1. The van der Waals surface area contributed by atoms with E-state index >= 15 is 0 Å². The zero-order valence-electron chi connectivity index (χ0n) is 26.8. The van der Waals surface area contributed by atoms with Crippen LogP contribution in [-0.2, 0) is 17.8 Å². The lowest BCUT2D eigenvalue weighted by Gasteiger charge is -2.41. The van der Waals surface area contributed by atoms with Gasteiger partial charge in [0.15, 0.2) is 0 Å². The van der Waals surface area contributed by atoms with E-state index in [1.54, 1.807) is 4.90 Å². The van der Waals surface area contributed by atoms with E-state index in [-0.39, 0.29) is 56.0 Å². The van der Waals surface area contributed by atoms with Crippen LogP contribution in [0.3, 0.4) is 0 Å². The van der Waals surface area contributed by atoms with Gasteiger partial charge in [-0.05, 0) is 50.4 Å². The second kappa shape index (κ2) is 13.6. The number of hydrogen-bond donors (Lipinski definition) is 0. The van der Waals surface area contributed by atoms with Crippen LogP contribution < -0.4 is 14.5 Å². The van der Waals surface area contributed by atoms with Crippen LogP contribution >= 0.6 is 11.6 Å². The van der Waals surface area contributed by atoms with Crippen molar-refractivity contribution in [2.45, 2.75) is 63.2 Å². The maximum absolute atomic E-state index is 13.9. The lowest BCUT2D eigenvalue weighted by atomic mass is 10.0. The van der Waals surface area contributed by atoms with Crippen LogP contribution in [0.4, 0.5) is 20.3 Å². The van der Waals surface area contributed by atoms with E-state index in [0.29, 0.717) is 44.0 Å². The number of piperazine rings is 1. The van der Waals surface area contributed by atoms with Gasteiger partial charge in [-0.2, -0.15) is 9.97 Å². The molecule has 1 saturated heterocycles. The molecule has 1 aromatic heterocycles. The number of anilines is 2. The van der Waals surface area contributed by atoms with Gasteiger partial charge in [-0.1, -0.05) is 42.4 Å².